The second-order valence-electron chi connectivity index (χ2n) is 5.17. The van der Waals surface area contributed by atoms with Gasteiger partial charge in [-0.25, -0.2) is 4.79 Å². The Bertz CT molecular complexity index is 852. The van der Waals surface area contributed by atoms with E-state index in [0.717, 1.165) is 11.3 Å². The summed E-state index contributed by atoms with van der Waals surface area (Å²) < 4.78 is 15.0. The first kappa shape index (κ1) is 19.3. The monoisotopic (exact) mass is 378 g/mol. The van der Waals surface area contributed by atoms with Gasteiger partial charge in [-0.2, -0.15) is 0 Å². The first-order valence-electron chi connectivity index (χ1n) is 7.38. The first-order valence-corrected chi connectivity index (χ1v) is 8.19. The zero-order valence-electron chi connectivity index (χ0n) is 14.7. The van der Waals surface area contributed by atoms with E-state index < -0.39 is 17.8 Å². The number of carbonyl (C=O) groups excluding carboxylic acids is 3. The maximum Gasteiger partial charge on any atom is 0.348 e. The van der Waals surface area contributed by atoms with Crippen LogP contribution in [-0.4, -0.2) is 39.1 Å². The molecule has 0 saturated carbocycles. The molecular weight excluding hydrogens is 360 g/mol. The van der Waals surface area contributed by atoms with Gasteiger partial charge in [0.1, 0.15) is 21.4 Å². The van der Waals surface area contributed by atoms with Crippen molar-refractivity contribution in [1.82, 2.24) is 0 Å². The Morgan fingerprint density at radius 2 is 1.62 bits per heavy atom. The van der Waals surface area contributed by atoms with Crippen LogP contribution in [-0.2, 0) is 4.74 Å². The van der Waals surface area contributed by atoms with E-state index in [-0.39, 0.29) is 21.0 Å². The highest BCUT2D eigenvalue weighted by Crippen LogP contribution is 2.34. The second-order valence-corrected chi connectivity index (χ2v) is 6.19. The standard InChI is InChI=1S/C17H18N2O6S/c1-8-12(14(18)20)16(26-13(8)17(22)25-4)19-15(21)9-5-10(23-2)7-11(6-9)24-3/h5-7H,1-4H3,(H2,18,20)(H,19,21). The Morgan fingerprint density at radius 3 is 2.08 bits per heavy atom. The predicted molar refractivity (Wildman–Crippen MR) is 96.4 cm³/mol. The fourth-order valence-corrected chi connectivity index (χ4v) is 3.42. The van der Waals surface area contributed by atoms with Gasteiger partial charge in [0.2, 0.25) is 0 Å². The minimum absolute atomic E-state index is 0.0682. The van der Waals surface area contributed by atoms with Gasteiger partial charge in [-0.15, -0.1) is 11.3 Å². The smallest absolute Gasteiger partial charge is 0.348 e. The van der Waals surface area contributed by atoms with E-state index in [9.17, 15) is 14.4 Å². The van der Waals surface area contributed by atoms with Crippen LogP contribution in [0.15, 0.2) is 18.2 Å². The Labute approximate surface area is 153 Å². The third-order valence-corrected chi connectivity index (χ3v) is 4.79. The van der Waals surface area contributed by atoms with E-state index >= 15 is 0 Å². The van der Waals surface area contributed by atoms with Gasteiger partial charge in [0, 0.05) is 11.6 Å². The molecule has 0 unspecified atom stereocenters. The Morgan fingerprint density at radius 1 is 1.04 bits per heavy atom. The summed E-state index contributed by atoms with van der Waals surface area (Å²) in [5, 5.41) is 2.78. The molecule has 0 fully saturated rings. The molecule has 9 heteroatoms. The maximum absolute atomic E-state index is 12.6. The van der Waals surface area contributed by atoms with Gasteiger partial charge in [-0.1, -0.05) is 0 Å². The minimum Gasteiger partial charge on any atom is -0.497 e. The topological polar surface area (TPSA) is 117 Å². The lowest BCUT2D eigenvalue weighted by atomic mass is 10.1. The molecule has 0 saturated heterocycles. The van der Waals surface area contributed by atoms with Gasteiger partial charge in [0.05, 0.1) is 26.9 Å². The van der Waals surface area contributed by atoms with Crippen LogP contribution in [0.5, 0.6) is 11.5 Å². The number of esters is 1. The molecule has 3 N–H and O–H groups in total. The first-order chi connectivity index (χ1) is 12.3. The molecule has 26 heavy (non-hydrogen) atoms. The van der Waals surface area contributed by atoms with Crippen LogP contribution >= 0.6 is 11.3 Å². The number of carbonyl (C=O) groups is 3. The quantitative estimate of drug-likeness (QED) is 0.744. The molecule has 2 aromatic rings. The van der Waals surface area contributed by atoms with Gasteiger partial charge < -0.3 is 25.3 Å². The molecule has 2 rings (SSSR count). The number of thiophene rings is 1. The van der Waals surface area contributed by atoms with Crippen molar-refractivity contribution in [3.8, 4) is 11.5 Å². The van der Waals surface area contributed by atoms with E-state index in [0.29, 0.717) is 17.1 Å². The van der Waals surface area contributed by atoms with E-state index in [1.165, 1.54) is 33.5 Å². The molecule has 0 radical (unpaired) electrons. The minimum atomic E-state index is -0.757. The van der Waals surface area contributed by atoms with Gasteiger partial charge >= 0.3 is 5.97 Å². The molecular formula is C17H18N2O6S. The summed E-state index contributed by atoms with van der Waals surface area (Å²) >= 11 is 0.920. The average molecular weight is 378 g/mol. The van der Waals surface area contributed by atoms with Crippen LogP contribution in [0.2, 0.25) is 0 Å². The van der Waals surface area contributed by atoms with Gasteiger partial charge in [0.15, 0.2) is 0 Å². The van der Waals surface area contributed by atoms with Crippen molar-refractivity contribution >= 4 is 34.1 Å². The van der Waals surface area contributed by atoms with Crippen LogP contribution < -0.4 is 20.5 Å². The van der Waals surface area contributed by atoms with Crippen LogP contribution in [0.25, 0.3) is 0 Å². The van der Waals surface area contributed by atoms with Gasteiger partial charge in [0.25, 0.3) is 11.8 Å². The van der Waals surface area contributed by atoms with Gasteiger partial charge in [-0.3, -0.25) is 9.59 Å². The van der Waals surface area contributed by atoms with Crippen molar-refractivity contribution in [2.75, 3.05) is 26.6 Å². The summed E-state index contributed by atoms with van der Waals surface area (Å²) in [6.45, 7) is 1.56. The average Bonchev–Trinajstić information content (AvgIpc) is 2.96. The summed E-state index contributed by atoms with van der Waals surface area (Å²) in [6, 6.07) is 4.66. The fraction of sp³-hybridized carbons (Fsp3) is 0.235. The Kier molecular flexibility index (Phi) is 5.83. The molecule has 0 spiro atoms. The zero-order valence-corrected chi connectivity index (χ0v) is 15.5. The number of hydrogen-bond donors (Lipinski definition) is 2. The predicted octanol–water partition coefficient (Wildman–Crippen LogP) is 2.21. The number of nitrogens with one attached hydrogen (secondary N) is 1. The highest BCUT2D eigenvalue weighted by Gasteiger charge is 2.25. The van der Waals surface area contributed by atoms with Crippen molar-refractivity contribution in [1.29, 1.82) is 0 Å². The number of primary amides is 1. The SMILES string of the molecule is COC(=O)c1sc(NC(=O)c2cc(OC)cc(OC)c2)c(C(N)=O)c1C. The molecule has 0 atom stereocenters. The normalized spacial score (nSPS) is 10.2. The van der Waals surface area contributed by atoms with Crippen molar-refractivity contribution < 1.29 is 28.6 Å². The largest absolute Gasteiger partial charge is 0.497 e. The molecule has 0 bridgehead atoms. The number of anilines is 1. The Hall–Kier alpha value is -3.07. The lowest BCUT2D eigenvalue weighted by molar-refractivity contribution is 0.0605. The van der Waals surface area contributed by atoms with Crippen molar-refractivity contribution in [2.45, 2.75) is 6.92 Å². The highest BCUT2D eigenvalue weighted by molar-refractivity contribution is 7.18. The summed E-state index contributed by atoms with van der Waals surface area (Å²) in [5.74, 6) is -1.02. The third kappa shape index (κ3) is 3.77. The van der Waals surface area contributed by atoms with Crippen molar-refractivity contribution in [3.63, 3.8) is 0 Å². The lowest BCUT2D eigenvalue weighted by Gasteiger charge is -2.09. The van der Waals surface area contributed by atoms with E-state index in [2.05, 4.69) is 10.1 Å². The maximum atomic E-state index is 12.6. The lowest BCUT2D eigenvalue weighted by Crippen LogP contribution is -2.17. The number of ether oxygens (including phenoxy) is 3. The molecule has 1 heterocycles. The van der Waals surface area contributed by atoms with Crippen molar-refractivity contribution in [3.05, 3.63) is 39.8 Å². The molecule has 1 aromatic carbocycles. The number of benzene rings is 1. The number of hydrogen-bond acceptors (Lipinski definition) is 7. The van der Waals surface area contributed by atoms with Gasteiger partial charge in [-0.05, 0) is 24.6 Å². The van der Waals surface area contributed by atoms with E-state index in [1.807, 2.05) is 0 Å². The van der Waals surface area contributed by atoms with Crippen LogP contribution in [0.1, 0.15) is 36.0 Å². The van der Waals surface area contributed by atoms with Crippen LogP contribution in [0, 0.1) is 6.92 Å². The fourth-order valence-electron chi connectivity index (χ4n) is 2.30. The molecule has 0 aliphatic carbocycles. The zero-order chi connectivity index (χ0) is 19.4. The molecule has 8 nitrogen and oxygen atoms in total. The number of amides is 2. The van der Waals surface area contributed by atoms with Crippen molar-refractivity contribution in [2.24, 2.45) is 5.73 Å². The van der Waals surface area contributed by atoms with Crippen LogP contribution in [0.4, 0.5) is 5.00 Å². The summed E-state index contributed by atoms with van der Waals surface area (Å²) in [7, 11) is 4.16. The van der Waals surface area contributed by atoms with Crippen LogP contribution in [0.3, 0.4) is 0 Å². The number of rotatable bonds is 6. The highest BCUT2D eigenvalue weighted by atomic mass is 32.1. The Balaban J connectivity index is 2.43. The number of nitrogens with two attached hydrogens (primary N) is 1. The molecule has 138 valence electrons. The summed E-state index contributed by atoms with van der Waals surface area (Å²) in [5.41, 5.74) is 6.08. The number of methoxy groups -OCH3 is 3. The third-order valence-electron chi connectivity index (χ3n) is 3.60. The summed E-state index contributed by atoms with van der Waals surface area (Å²) in [6.07, 6.45) is 0. The van der Waals surface area contributed by atoms with E-state index in [1.54, 1.807) is 13.0 Å². The molecule has 0 aliphatic heterocycles. The molecule has 2 amide bonds. The molecule has 1 aromatic heterocycles. The summed E-state index contributed by atoms with van der Waals surface area (Å²) in [4.78, 5) is 36.4. The van der Waals surface area contributed by atoms with E-state index in [4.69, 9.17) is 15.2 Å². The second kappa shape index (κ2) is 7.87. The molecule has 0 aliphatic rings.